The Morgan fingerprint density at radius 2 is 2.00 bits per heavy atom. The van der Waals surface area contributed by atoms with Gasteiger partial charge in [-0.1, -0.05) is 28.4 Å². The molecule has 1 aromatic carbocycles. The minimum absolute atomic E-state index is 0.0573. The van der Waals surface area contributed by atoms with E-state index in [9.17, 15) is 19.7 Å². The average molecular weight is 498 g/mol. The lowest BCUT2D eigenvalue weighted by Gasteiger charge is -2.05. The van der Waals surface area contributed by atoms with Crippen molar-refractivity contribution in [3.05, 3.63) is 49.9 Å². The third-order valence-corrected chi connectivity index (χ3v) is 5.02. The fourth-order valence-corrected chi connectivity index (χ4v) is 3.08. The quantitative estimate of drug-likeness (QED) is 0.255. The Balaban J connectivity index is 1.51. The number of nitrogens with zero attached hydrogens (tertiary/aromatic N) is 5. The number of carbonyl (C=O) groups is 2. The van der Waals surface area contributed by atoms with Gasteiger partial charge in [-0.3, -0.25) is 9.59 Å². The summed E-state index contributed by atoms with van der Waals surface area (Å²) in [6.45, 7) is 1.36. The topological polar surface area (TPSA) is 167 Å². The molecular formula is C18H17Cl2N7O6. The fourth-order valence-electron chi connectivity index (χ4n) is 2.70. The molecule has 0 bridgehead atoms. The molecule has 0 saturated heterocycles. The number of rotatable bonds is 9. The fraction of sp³-hybridized carbons (Fsp3) is 0.278. The molecule has 0 spiro atoms. The Morgan fingerprint density at radius 3 is 2.67 bits per heavy atom. The lowest BCUT2D eigenvalue weighted by Crippen LogP contribution is -2.36. The van der Waals surface area contributed by atoms with Crippen LogP contribution >= 0.6 is 23.2 Å². The molecule has 0 saturated carbocycles. The first-order valence-electron chi connectivity index (χ1n) is 9.31. The zero-order valence-corrected chi connectivity index (χ0v) is 18.8. The van der Waals surface area contributed by atoms with Gasteiger partial charge < -0.3 is 30.0 Å². The molecule has 33 heavy (non-hydrogen) atoms. The van der Waals surface area contributed by atoms with Crippen LogP contribution in [0, 0.1) is 17.0 Å². The SMILES string of the molecule is COc1ccc(Cl)cc1-c1noc(C(=O)NCCNC(=O)Cn2nc([N+](=O)[O-])c(Cl)c2C)n1. The zero-order valence-electron chi connectivity index (χ0n) is 17.3. The number of hydrogen-bond donors (Lipinski definition) is 2. The number of amides is 2. The molecule has 15 heteroatoms. The third-order valence-electron chi connectivity index (χ3n) is 4.34. The number of nitrogens with one attached hydrogen (secondary N) is 2. The molecule has 2 amide bonds. The van der Waals surface area contributed by atoms with Crippen LogP contribution in [0.5, 0.6) is 5.75 Å². The van der Waals surface area contributed by atoms with Gasteiger partial charge in [0.2, 0.25) is 11.7 Å². The predicted octanol–water partition coefficient (Wildman–Crippen LogP) is 2.01. The lowest BCUT2D eigenvalue weighted by atomic mass is 10.2. The molecule has 0 fully saturated rings. The second kappa shape index (κ2) is 10.3. The maximum atomic E-state index is 12.2. The van der Waals surface area contributed by atoms with Crippen LogP contribution in [0.2, 0.25) is 10.0 Å². The minimum Gasteiger partial charge on any atom is -0.496 e. The summed E-state index contributed by atoms with van der Waals surface area (Å²) in [5.74, 6) is -1.36. The molecule has 3 aromatic rings. The molecular weight excluding hydrogens is 481 g/mol. The Labute approximate surface area is 196 Å². The monoisotopic (exact) mass is 497 g/mol. The second-order valence-electron chi connectivity index (χ2n) is 6.51. The van der Waals surface area contributed by atoms with Crippen molar-refractivity contribution in [1.29, 1.82) is 0 Å². The summed E-state index contributed by atoms with van der Waals surface area (Å²) in [5, 5.41) is 23.7. The molecule has 13 nitrogen and oxygen atoms in total. The Kier molecular flexibility index (Phi) is 7.45. The van der Waals surface area contributed by atoms with Crippen molar-refractivity contribution in [2.75, 3.05) is 20.2 Å². The highest BCUT2D eigenvalue weighted by Gasteiger charge is 2.25. The van der Waals surface area contributed by atoms with Crippen molar-refractivity contribution in [1.82, 2.24) is 30.6 Å². The first-order valence-corrected chi connectivity index (χ1v) is 10.1. The first kappa shape index (κ1) is 23.9. The van der Waals surface area contributed by atoms with E-state index in [0.717, 1.165) is 4.68 Å². The molecule has 0 atom stereocenters. The van der Waals surface area contributed by atoms with Gasteiger partial charge in [0.05, 0.1) is 23.5 Å². The number of aromatic nitrogens is 4. The van der Waals surface area contributed by atoms with Crippen LogP contribution in [0.25, 0.3) is 11.4 Å². The van der Waals surface area contributed by atoms with Crippen molar-refractivity contribution < 1.29 is 23.8 Å². The minimum atomic E-state index is -0.731. The Hall–Kier alpha value is -3.71. The summed E-state index contributed by atoms with van der Waals surface area (Å²) in [4.78, 5) is 38.5. The predicted molar refractivity (Wildman–Crippen MR) is 115 cm³/mol. The van der Waals surface area contributed by atoms with Gasteiger partial charge in [0.1, 0.15) is 12.3 Å². The normalized spacial score (nSPS) is 10.7. The van der Waals surface area contributed by atoms with Crippen LogP contribution in [-0.4, -0.2) is 56.9 Å². The van der Waals surface area contributed by atoms with Crippen LogP contribution < -0.4 is 15.4 Å². The second-order valence-corrected chi connectivity index (χ2v) is 7.33. The highest BCUT2D eigenvalue weighted by Crippen LogP contribution is 2.30. The van der Waals surface area contributed by atoms with E-state index >= 15 is 0 Å². The van der Waals surface area contributed by atoms with Gasteiger partial charge in [-0.2, -0.15) is 9.67 Å². The van der Waals surface area contributed by atoms with Crippen molar-refractivity contribution in [2.24, 2.45) is 0 Å². The van der Waals surface area contributed by atoms with Crippen LogP contribution in [0.1, 0.15) is 16.4 Å². The Bertz CT molecular complexity index is 1210. The molecule has 2 heterocycles. The zero-order chi connectivity index (χ0) is 24.1. The summed E-state index contributed by atoms with van der Waals surface area (Å²) in [6, 6.07) is 4.84. The van der Waals surface area contributed by atoms with Crippen molar-refractivity contribution in [2.45, 2.75) is 13.5 Å². The number of benzene rings is 1. The molecule has 174 valence electrons. The highest BCUT2D eigenvalue weighted by molar-refractivity contribution is 6.33. The van der Waals surface area contributed by atoms with Crippen LogP contribution in [0.15, 0.2) is 22.7 Å². The summed E-state index contributed by atoms with van der Waals surface area (Å²) < 4.78 is 11.3. The van der Waals surface area contributed by atoms with E-state index in [1.165, 1.54) is 14.0 Å². The van der Waals surface area contributed by atoms with E-state index in [1.807, 2.05) is 0 Å². The van der Waals surface area contributed by atoms with Gasteiger partial charge in [0.25, 0.3) is 0 Å². The number of halogens is 2. The van der Waals surface area contributed by atoms with Crippen molar-refractivity contribution in [3.8, 4) is 17.1 Å². The summed E-state index contributed by atoms with van der Waals surface area (Å²) in [7, 11) is 1.47. The standard InChI is InChI=1S/C18H17Cl2N7O6/c1-9-14(20)16(27(30)31)24-26(9)8-13(28)21-5-6-22-17(29)18-23-15(25-33-18)11-7-10(19)3-4-12(11)32-2/h3-4,7H,5-6,8H2,1-2H3,(H,21,28)(H,22,29). The largest absolute Gasteiger partial charge is 0.496 e. The molecule has 0 aliphatic carbocycles. The lowest BCUT2D eigenvalue weighted by molar-refractivity contribution is -0.389. The van der Waals surface area contributed by atoms with Crippen LogP contribution in [0.4, 0.5) is 5.82 Å². The number of carbonyl (C=O) groups excluding carboxylic acids is 2. The van der Waals surface area contributed by atoms with E-state index in [2.05, 4.69) is 25.9 Å². The number of methoxy groups -OCH3 is 1. The maximum Gasteiger partial charge on any atom is 0.408 e. The maximum absolute atomic E-state index is 12.2. The van der Waals surface area contributed by atoms with E-state index in [0.29, 0.717) is 16.3 Å². The number of ether oxygens (including phenoxy) is 1. The van der Waals surface area contributed by atoms with Crippen LogP contribution in [-0.2, 0) is 11.3 Å². The average Bonchev–Trinajstić information content (AvgIpc) is 3.38. The molecule has 0 unspecified atom stereocenters. The van der Waals surface area contributed by atoms with Crippen molar-refractivity contribution in [3.63, 3.8) is 0 Å². The van der Waals surface area contributed by atoms with Gasteiger partial charge in [-0.15, -0.1) is 0 Å². The molecule has 0 aliphatic heterocycles. The molecule has 3 rings (SSSR count). The number of nitro groups is 1. The van der Waals surface area contributed by atoms with E-state index in [1.54, 1.807) is 18.2 Å². The molecule has 0 aliphatic rings. The van der Waals surface area contributed by atoms with Gasteiger partial charge in [-0.05, 0) is 30.0 Å². The molecule has 2 aromatic heterocycles. The van der Waals surface area contributed by atoms with E-state index in [4.69, 9.17) is 32.5 Å². The van der Waals surface area contributed by atoms with Gasteiger partial charge in [0, 0.05) is 18.1 Å². The summed E-state index contributed by atoms with van der Waals surface area (Å²) in [6.07, 6.45) is 0. The summed E-state index contributed by atoms with van der Waals surface area (Å²) >= 11 is 11.8. The van der Waals surface area contributed by atoms with Gasteiger partial charge >= 0.3 is 17.6 Å². The third kappa shape index (κ3) is 5.56. The van der Waals surface area contributed by atoms with E-state index < -0.39 is 22.6 Å². The molecule has 2 N–H and O–H groups in total. The van der Waals surface area contributed by atoms with Crippen LogP contribution in [0.3, 0.4) is 0 Å². The Morgan fingerprint density at radius 1 is 1.27 bits per heavy atom. The first-order chi connectivity index (χ1) is 15.7. The summed E-state index contributed by atoms with van der Waals surface area (Å²) in [5.41, 5.74) is 0.740. The number of hydrogen-bond acceptors (Lipinski definition) is 9. The van der Waals surface area contributed by atoms with Crippen molar-refractivity contribution >= 4 is 40.8 Å². The molecule has 0 radical (unpaired) electrons. The highest BCUT2D eigenvalue weighted by atomic mass is 35.5. The van der Waals surface area contributed by atoms with Gasteiger partial charge in [-0.25, -0.2) is 0 Å². The van der Waals surface area contributed by atoms with E-state index in [-0.39, 0.29) is 42.1 Å². The smallest absolute Gasteiger partial charge is 0.408 e. The van der Waals surface area contributed by atoms with Gasteiger partial charge in [0.15, 0.2) is 5.02 Å².